The monoisotopic (exact) mass is 345 g/mol. The van der Waals surface area contributed by atoms with E-state index in [9.17, 15) is 4.79 Å². The standard InChI is InChI=1S/C17H23N5OS/c23-17(21-8-1-2-9-21)16-13-22(19-18-16)14-5-3-7-20(11-14)12-15-6-4-10-24-15/h4,6,10,13-14H,1-3,5,7-9,11-12H2/t14-/m0/s1. The van der Waals surface area contributed by atoms with Crippen molar-refractivity contribution in [2.75, 3.05) is 26.2 Å². The van der Waals surface area contributed by atoms with E-state index in [4.69, 9.17) is 0 Å². The molecular formula is C17H23N5OS. The van der Waals surface area contributed by atoms with Gasteiger partial charge < -0.3 is 4.90 Å². The average Bonchev–Trinajstić information content (AvgIpc) is 3.36. The van der Waals surface area contributed by atoms with Crippen molar-refractivity contribution in [2.45, 2.75) is 38.3 Å². The van der Waals surface area contributed by atoms with Gasteiger partial charge in [-0.25, -0.2) is 4.68 Å². The van der Waals surface area contributed by atoms with E-state index in [-0.39, 0.29) is 5.91 Å². The molecule has 128 valence electrons. The van der Waals surface area contributed by atoms with Crippen molar-refractivity contribution in [3.05, 3.63) is 34.3 Å². The Labute approximate surface area is 146 Å². The van der Waals surface area contributed by atoms with Crippen LogP contribution in [0.5, 0.6) is 0 Å². The second kappa shape index (κ2) is 7.03. The second-order valence-electron chi connectivity index (χ2n) is 6.69. The zero-order valence-electron chi connectivity index (χ0n) is 13.8. The Hall–Kier alpha value is -1.73. The molecule has 0 spiro atoms. The third-order valence-electron chi connectivity index (χ3n) is 4.94. The third kappa shape index (κ3) is 3.37. The SMILES string of the molecule is O=C(c1cn([C@H]2CCCN(Cc3cccs3)C2)nn1)N1CCCC1. The van der Waals surface area contributed by atoms with Crippen LogP contribution in [0.25, 0.3) is 0 Å². The number of piperidine rings is 1. The third-order valence-corrected chi connectivity index (χ3v) is 5.80. The molecule has 24 heavy (non-hydrogen) atoms. The maximum absolute atomic E-state index is 12.4. The summed E-state index contributed by atoms with van der Waals surface area (Å²) in [5.74, 6) is 0.0324. The number of likely N-dealkylation sites (tertiary alicyclic amines) is 2. The van der Waals surface area contributed by atoms with Gasteiger partial charge in [0.05, 0.1) is 12.2 Å². The molecule has 0 unspecified atom stereocenters. The Kier molecular flexibility index (Phi) is 4.62. The quantitative estimate of drug-likeness (QED) is 0.854. The van der Waals surface area contributed by atoms with Crippen LogP contribution in [0.3, 0.4) is 0 Å². The van der Waals surface area contributed by atoms with Gasteiger partial charge in [-0.3, -0.25) is 9.69 Å². The predicted molar refractivity (Wildman–Crippen MR) is 93.0 cm³/mol. The van der Waals surface area contributed by atoms with Crippen LogP contribution in [0, 0.1) is 0 Å². The summed E-state index contributed by atoms with van der Waals surface area (Å²) >= 11 is 1.81. The van der Waals surface area contributed by atoms with Crippen LogP contribution in [0.4, 0.5) is 0 Å². The van der Waals surface area contributed by atoms with Crippen LogP contribution >= 0.6 is 11.3 Å². The summed E-state index contributed by atoms with van der Waals surface area (Å²) < 4.78 is 1.91. The second-order valence-corrected chi connectivity index (χ2v) is 7.73. The van der Waals surface area contributed by atoms with Crippen molar-refractivity contribution in [3.63, 3.8) is 0 Å². The first-order valence-corrected chi connectivity index (χ1v) is 9.63. The van der Waals surface area contributed by atoms with Crippen molar-refractivity contribution in [2.24, 2.45) is 0 Å². The number of hydrogen-bond acceptors (Lipinski definition) is 5. The van der Waals surface area contributed by atoms with E-state index in [1.165, 1.54) is 4.88 Å². The molecule has 2 aromatic heterocycles. The Bertz CT molecular complexity index is 677. The first kappa shape index (κ1) is 15.8. The zero-order valence-corrected chi connectivity index (χ0v) is 14.6. The van der Waals surface area contributed by atoms with Gasteiger partial charge in [0.15, 0.2) is 5.69 Å². The smallest absolute Gasteiger partial charge is 0.276 e. The molecule has 0 saturated carbocycles. The molecule has 2 aromatic rings. The van der Waals surface area contributed by atoms with Crippen LogP contribution in [0.15, 0.2) is 23.7 Å². The molecule has 2 aliphatic heterocycles. The van der Waals surface area contributed by atoms with Crippen molar-refractivity contribution in [1.29, 1.82) is 0 Å². The molecule has 2 saturated heterocycles. The summed E-state index contributed by atoms with van der Waals surface area (Å²) in [6, 6.07) is 4.61. The Balaban J connectivity index is 1.41. The van der Waals surface area contributed by atoms with Gasteiger partial charge in [-0.05, 0) is 43.7 Å². The van der Waals surface area contributed by atoms with Gasteiger partial charge in [0.25, 0.3) is 5.91 Å². The largest absolute Gasteiger partial charge is 0.337 e. The molecule has 4 rings (SSSR count). The first-order valence-electron chi connectivity index (χ1n) is 8.75. The summed E-state index contributed by atoms with van der Waals surface area (Å²) in [5, 5.41) is 10.5. The molecule has 1 atom stereocenters. The predicted octanol–water partition coefficient (Wildman–Crippen LogP) is 2.41. The highest BCUT2D eigenvalue weighted by atomic mass is 32.1. The van der Waals surface area contributed by atoms with Gasteiger partial charge >= 0.3 is 0 Å². The lowest BCUT2D eigenvalue weighted by atomic mass is 10.1. The number of hydrogen-bond donors (Lipinski definition) is 0. The lowest BCUT2D eigenvalue weighted by Gasteiger charge is -2.32. The summed E-state index contributed by atoms with van der Waals surface area (Å²) in [6.07, 6.45) is 6.30. The fourth-order valence-electron chi connectivity index (χ4n) is 3.65. The lowest BCUT2D eigenvalue weighted by Crippen LogP contribution is -2.36. The number of amides is 1. The maximum atomic E-state index is 12.4. The normalized spacial score (nSPS) is 22.2. The molecule has 0 radical (unpaired) electrons. The fraction of sp³-hybridized carbons (Fsp3) is 0.588. The van der Waals surface area contributed by atoms with Crippen LogP contribution in [0.1, 0.15) is 47.1 Å². The highest BCUT2D eigenvalue weighted by Gasteiger charge is 2.26. The van der Waals surface area contributed by atoms with Crippen LogP contribution < -0.4 is 0 Å². The number of rotatable bonds is 4. The van der Waals surface area contributed by atoms with E-state index in [1.807, 2.05) is 27.1 Å². The average molecular weight is 345 g/mol. The van der Waals surface area contributed by atoms with E-state index < -0.39 is 0 Å². The van der Waals surface area contributed by atoms with Gasteiger partial charge in [-0.15, -0.1) is 16.4 Å². The highest BCUT2D eigenvalue weighted by Crippen LogP contribution is 2.23. The maximum Gasteiger partial charge on any atom is 0.276 e. The molecule has 0 bridgehead atoms. The fourth-order valence-corrected chi connectivity index (χ4v) is 4.40. The van der Waals surface area contributed by atoms with Crippen LogP contribution in [-0.2, 0) is 6.54 Å². The number of nitrogens with zero attached hydrogens (tertiary/aromatic N) is 5. The number of aromatic nitrogens is 3. The molecule has 2 aliphatic rings. The van der Waals surface area contributed by atoms with Crippen molar-refractivity contribution < 1.29 is 4.79 Å². The van der Waals surface area contributed by atoms with Crippen molar-refractivity contribution in [3.8, 4) is 0 Å². The summed E-state index contributed by atoms with van der Waals surface area (Å²) in [6.45, 7) is 4.80. The summed E-state index contributed by atoms with van der Waals surface area (Å²) in [7, 11) is 0. The molecule has 1 amide bonds. The molecule has 2 fully saturated rings. The van der Waals surface area contributed by atoms with Gasteiger partial charge in [0.2, 0.25) is 0 Å². The van der Waals surface area contributed by atoms with Crippen LogP contribution in [-0.4, -0.2) is 56.9 Å². The van der Waals surface area contributed by atoms with Gasteiger partial charge in [0.1, 0.15) is 0 Å². The van der Waals surface area contributed by atoms with E-state index in [2.05, 4.69) is 32.7 Å². The Morgan fingerprint density at radius 3 is 2.92 bits per heavy atom. The molecule has 6 nitrogen and oxygen atoms in total. The minimum Gasteiger partial charge on any atom is -0.337 e. The molecule has 0 aliphatic carbocycles. The molecular weight excluding hydrogens is 322 g/mol. The van der Waals surface area contributed by atoms with Gasteiger partial charge in [-0.2, -0.15) is 0 Å². The first-order chi connectivity index (χ1) is 11.8. The van der Waals surface area contributed by atoms with Crippen molar-refractivity contribution >= 4 is 17.2 Å². The number of carbonyl (C=O) groups is 1. The highest BCUT2D eigenvalue weighted by molar-refractivity contribution is 7.09. The zero-order chi connectivity index (χ0) is 16.4. The topological polar surface area (TPSA) is 54.3 Å². The molecule has 0 N–H and O–H groups in total. The lowest BCUT2D eigenvalue weighted by molar-refractivity contribution is 0.0787. The van der Waals surface area contributed by atoms with Gasteiger partial charge in [-0.1, -0.05) is 11.3 Å². The van der Waals surface area contributed by atoms with E-state index in [1.54, 1.807) is 0 Å². The molecule has 4 heterocycles. The van der Waals surface area contributed by atoms with Crippen molar-refractivity contribution in [1.82, 2.24) is 24.8 Å². The number of carbonyl (C=O) groups excluding carboxylic acids is 1. The summed E-state index contributed by atoms with van der Waals surface area (Å²) in [4.78, 5) is 18.2. The summed E-state index contributed by atoms with van der Waals surface area (Å²) in [5.41, 5.74) is 0.493. The van der Waals surface area contributed by atoms with E-state index in [0.29, 0.717) is 11.7 Å². The number of thiophene rings is 1. The van der Waals surface area contributed by atoms with E-state index in [0.717, 1.165) is 58.4 Å². The van der Waals surface area contributed by atoms with Gasteiger partial charge in [0, 0.05) is 31.1 Å². The minimum absolute atomic E-state index is 0.0324. The van der Waals surface area contributed by atoms with E-state index >= 15 is 0 Å². The Morgan fingerprint density at radius 2 is 2.12 bits per heavy atom. The Morgan fingerprint density at radius 1 is 1.25 bits per heavy atom. The van der Waals surface area contributed by atoms with Crippen LogP contribution in [0.2, 0.25) is 0 Å². The minimum atomic E-state index is 0.0324. The molecule has 0 aromatic carbocycles. The molecule has 7 heteroatoms.